The van der Waals surface area contributed by atoms with Crippen molar-refractivity contribution < 1.29 is 12.8 Å². The minimum absolute atomic E-state index is 0.269. The van der Waals surface area contributed by atoms with Crippen molar-refractivity contribution >= 4 is 10.0 Å². The second-order valence-corrected chi connectivity index (χ2v) is 7.18. The van der Waals surface area contributed by atoms with Gasteiger partial charge in [-0.2, -0.15) is 4.31 Å². The molecule has 1 N–H and O–H groups in total. The first kappa shape index (κ1) is 17.9. The number of furan rings is 1. The maximum absolute atomic E-state index is 12.8. The van der Waals surface area contributed by atoms with E-state index >= 15 is 0 Å². The van der Waals surface area contributed by atoms with Crippen LogP contribution in [0.25, 0.3) is 0 Å². The van der Waals surface area contributed by atoms with Crippen molar-refractivity contribution in [1.29, 1.82) is 0 Å². The highest BCUT2D eigenvalue weighted by atomic mass is 32.2. The Morgan fingerprint density at radius 2 is 1.95 bits per heavy atom. The van der Waals surface area contributed by atoms with Crippen molar-refractivity contribution in [3.05, 3.63) is 29.7 Å². The van der Waals surface area contributed by atoms with Crippen LogP contribution in [0, 0.1) is 13.8 Å². The maximum Gasteiger partial charge on any atom is 0.247 e. The molecule has 120 valence electrons. The molecule has 0 bridgehead atoms. The average molecular weight is 314 g/mol. The molecule has 0 saturated heterocycles. The number of hydrogen-bond acceptors (Lipinski definition) is 4. The number of nitrogens with one attached hydrogen (secondary N) is 1. The molecule has 0 aliphatic rings. The molecule has 0 aromatic carbocycles. The number of hydrogen-bond donors (Lipinski definition) is 1. The van der Waals surface area contributed by atoms with E-state index in [1.807, 2.05) is 20.8 Å². The van der Waals surface area contributed by atoms with Crippen molar-refractivity contribution in [3.8, 4) is 0 Å². The summed E-state index contributed by atoms with van der Waals surface area (Å²) in [5.74, 6) is 1.09. The van der Waals surface area contributed by atoms with E-state index in [0.717, 1.165) is 0 Å². The summed E-state index contributed by atoms with van der Waals surface area (Å²) in [4.78, 5) is 0.289. The molecule has 1 heterocycles. The van der Waals surface area contributed by atoms with Crippen LogP contribution in [0.15, 0.2) is 22.0 Å². The van der Waals surface area contributed by atoms with Crippen LogP contribution in [-0.4, -0.2) is 31.9 Å². The zero-order chi connectivity index (χ0) is 16.2. The molecular formula is C15H26N2O3S. The molecule has 0 aliphatic carbocycles. The fourth-order valence-corrected chi connectivity index (χ4v) is 4.06. The van der Waals surface area contributed by atoms with Crippen LogP contribution in [-0.2, 0) is 16.6 Å². The molecule has 1 rings (SSSR count). The van der Waals surface area contributed by atoms with Crippen LogP contribution in [0.4, 0.5) is 0 Å². The van der Waals surface area contributed by atoms with E-state index in [9.17, 15) is 8.42 Å². The van der Waals surface area contributed by atoms with Gasteiger partial charge in [0.15, 0.2) is 0 Å². The van der Waals surface area contributed by atoms with Gasteiger partial charge in [-0.3, -0.25) is 0 Å². The van der Waals surface area contributed by atoms with E-state index in [-0.39, 0.29) is 10.9 Å². The minimum atomic E-state index is -3.57. The Balaban J connectivity index is 3.30. The third-order valence-electron chi connectivity index (χ3n) is 3.30. The van der Waals surface area contributed by atoms with Crippen LogP contribution in [0.3, 0.4) is 0 Å². The summed E-state index contributed by atoms with van der Waals surface area (Å²) in [6.45, 7) is 14.1. The summed E-state index contributed by atoms with van der Waals surface area (Å²) in [6.07, 6.45) is 1.59. The highest BCUT2D eigenvalue weighted by Gasteiger charge is 2.31. The third-order valence-corrected chi connectivity index (χ3v) is 5.43. The average Bonchev–Trinajstić information content (AvgIpc) is 2.67. The number of sulfonamides is 1. The molecule has 0 aliphatic heterocycles. The van der Waals surface area contributed by atoms with Gasteiger partial charge in [0, 0.05) is 31.2 Å². The first-order chi connectivity index (χ1) is 9.75. The van der Waals surface area contributed by atoms with Crippen molar-refractivity contribution in [2.24, 2.45) is 0 Å². The Kier molecular flexibility index (Phi) is 6.19. The monoisotopic (exact) mass is 314 g/mol. The van der Waals surface area contributed by atoms with Crippen LogP contribution in [0.2, 0.25) is 0 Å². The number of likely N-dealkylation sites (N-methyl/N-ethyl adjacent to an activating group) is 1. The smallest absolute Gasteiger partial charge is 0.247 e. The Morgan fingerprint density at radius 3 is 2.43 bits per heavy atom. The van der Waals surface area contributed by atoms with Crippen molar-refractivity contribution in [3.63, 3.8) is 0 Å². The second-order valence-electron chi connectivity index (χ2n) is 5.30. The summed E-state index contributed by atoms with van der Waals surface area (Å²) in [7, 11) is -3.57. The Hall–Kier alpha value is -1.11. The molecule has 1 aromatic rings. The van der Waals surface area contributed by atoms with E-state index in [1.54, 1.807) is 19.9 Å². The lowest BCUT2D eigenvalue weighted by Crippen LogP contribution is -2.32. The maximum atomic E-state index is 12.8. The molecule has 21 heavy (non-hydrogen) atoms. The Morgan fingerprint density at radius 1 is 1.33 bits per heavy atom. The minimum Gasteiger partial charge on any atom is -0.465 e. The van der Waals surface area contributed by atoms with Gasteiger partial charge in [0.2, 0.25) is 10.0 Å². The van der Waals surface area contributed by atoms with E-state index in [4.69, 9.17) is 4.42 Å². The summed E-state index contributed by atoms with van der Waals surface area (Å²) in [6, 6.07) is 0.269. The first-order valence-electron chi connectivity index (χ1n) is 7.18. The summed E-state index contributed by atoms with van der Waals surface area (Å²) in [5, 5.41) is 3.25. The van der Waals surface area contributed by atoms with E-state index < -0.39 is 10.0 Å². The lowest BCUT2D eigenvalue weighted by atomic mass is 10.2. The van der Waals surface area contributed by atoms with E-state index in [0.29, 0.717) is 36.7 Å². The zero-order valence-corrected chi connectivity index (χ0v) is 14.4. The fourth-order valence-electron chi connectivity index (χ4n) is 2.23. The Bertz CT molecular complexity index is 588. The van der Waals surface area contributed by atoms with Crippen LogP contribution in [0.5, 0.6) is 0 Å². The quantitative estimate of drug-likeness (QED) is 0.749. The van der Waals surface area contributed by atoms with E-state index in [1.165, 1.54) is 4.31 Å². The molecule has 0 unspecified atom stereocenters. The largest absolute Gasteiger partial charge is 0.465 e. The summed E-state index contributed by atoms with van der Waals surface area (Å²) < 4.78 is 32.7. The number of aryl methyl sites for hydroxylation is 2. The van der Waals surface area contributed by atoms with Gasteiger partial charge in [0.05, 0.1) is 0 Å². The topological polar surface area (TPSA) is 62.6 Å². The molecule has 0 atom stereocenters. The van der Waals surface area contributed by atoms with Crippen molar-refractivity contribution in [2.75, 3.05) is 13.1 Å². The standard InChI is InChI=1S/C15H26N2O3S/c1-7-9-17(8-2)21(18,19)15-13(6)20-12(5)14(15)10-16-11(3)4/h7,11,16H,1,8-10H2,2-6H3. The molecule has 0 spiro atoms. The highest BCUT2D eigenvalue weighted by molar-refractivity contribution is 7.89. The SMILES string of the molecule is C=CCN(CC)S(=O)(=O)c1c(C)oc(C)c1CNC(C)C. The van der Waals surface area contributed by atoms with Crippen LogP contribution < -0.4 is 5.32 Å². The van der Waals surface area contributed by atoms with Gasteiger partial charge in [-0.05, 0) is 13.8 Å². The number of nitrogens with zero attached hydrogens (tertiary/aromatic N) is 1. The fraction of sp³-hybridized carbons (Fsp3) is 0.600. The highest BCUT2D eigenvalue weighted by Crippen LogP contribution is 2.29. The second kappa shape index (κ2) is 7.24. The molecule has 6 heteroatoms. The molecule has 1 aromatic heterocycles. The van der Waals surface area contributed by atoms with Gasteiger partial charge >= 0.3 is 0 Å². The van der Waals surface area contributed by atoms with Crippen LogP contribution >= 0.6 is 0 Å². The number of rotatable bonds is 8. The van der Waals surface area contributed by atoms with Gasteiger partial charge in [-0.25, -0.2) is 8.42 Å². The molecule has 0 fully saturated rings. The lowest BCUT2D eigenvalue weighted by Gasteiger charge is -2.19. The van der Waals surface area contributed by atoms with Gasteiger partial charge in [-0.1, -0.05) is 26.8 Å². The lowest BCUT2D eigenvalue weighted by molar-refractivity contribution is 0.453. The molecule has 0 saturated carbocycles. The summed E-state index contributed by atoms with van der Waals surface area (Å²) >= 11 is 0. The summed E-state index contributed by atoms with van der Waals surface area (Å²) in [5.41, 5.74) is 0.712. The van der Waals surface area contributed by atoms with Gasteiger partial charge in [-0.15, -0.1) is 6.58 Å². The first-order valence-corrected chi connectivity index (χ1v) is 8.62. The van der Waals surface area contributed by atoms with Crippen molar-refractivity contribution in [2.45, 2.75) is 52.1 Å². The predicted octanol–water partition coefficient (Wildman–Crippen LogP) is 2.59. The zero-order valence-electron chi connectivity index (χ0n) is 13.6. The molecular weight excluding hydrogens is 288 g/mol. The predicted molar refractivity (Wildman–Crippen MR) is 84.8 cm³/mol. The van der Waals surface area contributed by atoms with Gasteiger partial charge in [0.1, 0.15) is 16.4 Å². The molecule has 0 radical (unpaired) electrons. The molecule has 5 nitrogen and oxygen atoms in total. The van der Waals surface area contributed by atoms with E-state index in [2.05, 4.69) is 11.9 Å². The normalized spacial score (nSPS) is 12.3. The third kappa shape index (κ3) is 3.96. The van der Waals surface area contributed by atoms with Gasteiger partial charge in [0.25, 0.3) is 0 Å². The van der Waals surface area contributed by atoms with Crippen molar-refractivity contribution in [1.82, 2.24) is 9.62 Å². The molecule has 0 amide bonds. The van der Waals surface area contributed by atoms with Crippen LogP contribution in [0.1, 0.15) is 37.9 Å². The van der Waals surface area contributed by atoms with Gasteiger partial charge < -0.3 is 9.73 Å². The Labute approximate surface area is 128 Å².